The smallest absolute Gasteiger partial charge is 0.307 e. The Morgan fingerprint density at radius 1 is 1.46 bits per heavy atom. The summed E-state index contributed by atoms with van der Waals surface area (Å²) in [6.07, 6.45) is 3.46. The van der Waals surface area contributed by atoms with Crippen LogP contribution in [0.5, 0.6) is 0 Å². The normalized spacial score (nSPS) is 46.7. The Labute approximate surface area is 79.3 Å². The molecule has 2 rings (SSSR count). The van der Waals surface area contributed by atoms with Crippen LogP contribution in [0.3, 0.4) is 0 Å². The van der Waals surface area contributed by atoms with Gasteiger partial charge in [-0.05, 0) is 29.6 Å². The van der Waals surface area contributed by atoms with Crippen molar-refractivity contribution in [2.75, 3.05) is 0 Å². The van der Waals surface area contributed by atoms with Gasteiger partial charge in [0, 0.05) is 0 Å². The molecule has 2 saturated carbocycles. The SMILES string of the molecule is CC1CCC2(C1)C(C(=O)O)C2(C)C. The van der Waals surface area contributed by atoms with Crippen LogP contribution in [0.4, 0.5) is 0 Å². The zero-order valence-corrected chi connectivity index (χ0v) is 8.63. The molecular formula is C11H18O2. The molecule has 3 atom stereocenters. The van der Waals surface area contributed by atoms with E-state index in [1.54, 1.807) is 0 Å². The molecule has 74 valence electrons. The highest BCUT2D eigenvalue weighted by Gasteiger charge is 2.74. The zero-order valence-electron chi connectivity index (χ0n) is 8.63. The van der Waals surface area contributed by atoms with Crippen molar-refractivity contribution in [2.45, 2.75) is 40.0 Å². The molecule has 1 N–H and O–H groups in total. The predicted molar refractivity (Wildman–Crippen MR) is 50.4 cm³/mol. The van der Waals surface area contributed by atoms with E-state index in [1.807, 2.05) is 0 Å². The molecule has 0 bridgehead atoms. The van der Waals surface area contributed by atoms with E-state index in [9.17, 15) is 4.79 Å². The van der Waals surface area contributed by atoms with Gasteiger partial charge in [-0.25, -0.2) is 0 Å². The lowest BCUT2D eigenvalue weighted by Gasteiger charge is -2.11. The fourth-order valence-electron chi connectivity index (χ4n) is 3.67. The summed E-state index contributed by atoms with van der Waals surface area (Å²) in [5.74, 6) is 0.0627. The zero-order chi connectivity index (χ0) is 9.85. The van der Waals surface area contributed by atoms with Crippen LogP contribution in [-0.4, -0.2) is 11.1 Å². The Kier molecular flexibility index (Phi) is 1.59. The fraction of sp³-hybridized carbons (Fsp3) is 0.909. The van der Waals surface area contributed by atoms with Crippen molar-refractivity contribution in [3.63, 3.8) is 0 Å². The Hall–Kier alpha value is -0.530. The number of carboxylic acids is 1. The van der Waals surface area contributed by atoms with E-state index in [2.05, 4.69) is 20.8 Å². The predicted octanol–water partition coefficient (Wildman–Crippen LogP) is 2.53. The van der Waals surface area contributed by atoms with Gasteiger partial charge in [0.2, 0.25) is 0 Å². The molecule has 2 nitrogen and oxygen atoms in total. The minimum absolute atomic E-state index is 0.0452. The largest absolute Gasteiger partial charge is 0.481 e. The first kappa shape index (κ1) is 9.04. The maximum absolute atomic E-state index is 11.0. The summed E-state index contributed by atoms with van der Waals surface area (Å²) in [5, 5.41) is 9.10. The number of carboxylic acid groups (broad SMARTS) is 1. The van der Waals surface area contributed by atoms with Gasteiger partial charge in [0.15, 0.2) is 0 Å². The highest BCUT2D eigenvalue weighted by atomic mass is 16.4. The van der Waals surface area contributed by atoms with Crippen LogP contribution >= 0.6 is 0 Å². The lowest BCUT2D eigenvalue weighted by atomic mass is 9.93. The number of hydrogen-bond donors (Lipinski definition) is 1. The third-order valence-corrected chi connectivity index (χ3v) is 4.52. The summed E-state index contributed by atoms with van der Waals surface area (Å²) in [7, 11) is 0. The molecule has 0 heterocycles. The second kappa shape index (κ2) is 2.28. The fourth-order valence-corrected chi connectivity index (χ4v) is 3.67. The summed E-state index contributed by atoms with van der Waals surface area (Å²) in [4.78, 5) is 11.0. The standard InChI is InChI=1S/C11H18O2/c1-7-4-5-11(6-7)8(9(12)13)10(11,2)3/h7-8H,4-6H2,1-3H3,(H,12,13). The Bertz CT molecular complexity index is 257. The van der Waals surface area contributed by atoms with E-state index in [1.165, 1.54) is 6.42 Å². The molecule has 3 unspecified atom stereocenters. The monoisotopic (exact) mass is 182 g/mol. The van der Waals surface area contributed by atoms with E-state index < -0.39 is 5.97 Å². The third-order valence-electron chi connectivity index (χ3n) is 4.52. The van der Waals surface area contributed by atoms with Crippen LogP contribution in [0, 0.1) is 22.7 Å². The van der Waals surface area contributed by atoms with Crippen LogP contribution < -0.4 is 0 Å². The van der Waals surface area contributed by atoms with Crippen molar-refractivity contribution in [2.24, 2.45) is 22.7 Å². The maximum atomic E-state index is 11.0. The first-order valence-corrected chi connectivity index (χ1v) is 5.14. The quantitative estimate of drug-likeness (QED) is 0.676. The van der Waals surface area contributed by atoms with Gasteiger partial charge in [-0.1, -0.05) is 27.2 Å². The van der Waals surface area contributed by atoms with E-state index in [4.69, 9.17) is 5.11 Å². The summed E-state index contributed by atoms with van der Waals surface area (Å²) >= 11 is 0. The second-order valence-electron chi connectivity index (χ2n) is 5.50. The van der Waals surface area contributed by atoms with Gasteiger partial charge in [0.25, 0.3) is 0 Å². The summed E-state index contributed by atoms with van der Waals surface area (Å²) in [5.41, 5.74) is 0.196. The van der Waals surface area contributed by atoms with Crippen molar-refractivity contribution >= 4 is 5.97 Å². The minimum Gasteiger partial charge on any atom is -0.481 e. The van der Waals surface area contributed by atoms with Crippen molar-refractivity contribution in [3.8, 4) is 0 Å². The molecule has 0 amide bonds. The van der Waals surface area contributed by atoms with Crippen molar-refractivity contribution < 1.29 is 9.90 Å². The molecule has 13 heavy (non-hydrogen) atoms. The highest BCUT2D eigenvalue weighted by Crippen LogP contribution is 2.76. The van der Waals surface area contributed by atoms with E-state index in [0.29, 0.717) is 0 Å². The Morgan fingerprint density at radius 2 is 2.08 bits per heavy atom. The number of hydrogen-bond acceptors (Lipinski definition) is 1. The van der Waals surface area contributed by atoms with Crippen molar-refractivity contribution in [1.29, 1.82) is 0 Å². The van der Waals surface area contributed by atoms with Gasteiger partial charge < -0.3 is 5.11 Å². The molecule has 0 saturated heterocycles. The van der Waals surface area contributed by atoms with Crippen LogP contribution in [0.15, 0.2) is 0 Å². The van der Waals surface area contributed by atoms with E-state index in [0.717, 1.165) is 18.8 Å². The second-order valence-corrected chi connectivity index (χ2v) is 5.50. The van der Waals surface area contributed by atoms with Crippen molar-refractivity contribution in [3.05, 3.63) is 0 Å². The van der Waals surface area contributed by atoms with E-state index >= 15 is 0 Å². The van der Waals surface area contributed by atoms with Gasteiger partial charge in [0.05, 0.1) is 5.92 Å². The molecule has 0 aromatic rings. The van der Waals surface area contributed by atoms with E-state index in [-0.39, 0.29) is 16.7 Å². The molecule has 2 aliphatic rings. The highest BCUT2D eigenvalue weighted by molar-refractivity contribution is 5.77. The van der Waals surface area contributed by atoms with Crippen LogP contribution in [0.1, 0.15) is 40.0 Å². The number of carbonyl (C=O) groups is 1. The maximum Gasteiger partial charge on any atom is 0.307 e. The molecule has 1 spiro atoms. The van der Waals surface area contributed by atoms with Gasteiger partial charge in [-0.3, -0.25) is 4.79 Å². The summed E-state index contributed by atoms with van der Waals surface area (Å²) in [6.45, 7) is 6.47. The Balaban J connectivity index is 2.23. The molecule has 2 heteroatoms. The Morgan fingerprint density at radius 3 is 2.38 bits per heavy atom. The molecule has 0 aliphatic heterocycles. The molecule has 0 radical (unpaired) electrons. The molecule has 2 aliphatic carbocycles. The minimum atomic E-state index is -0.584. The van der Waals surface area contributed by atoms with Gasteiger partial charge >= 0.3 is 5.97 Å². The summed E-state index contributed by atoms with van der Waals surface area (Å²) < 4.78 is 0. The van der Waals surface area contributed by atoms with Crippen molar-refractivity contribution in [1.82, 2.24) is 0 Å². The lowest BCUT2D eigenvalue weighted by Crippen LogP contribution is -2.06. The molecule has 0 aromatic heterocycles. The first-order valence-electron chi connectivity index (χ1n) is 5.14. The average molecular weight is 182 g/mol. The van der Waals surface area contributed by atoms with Gasteiger partial charge in [-0.15, -0.1) is 0 Å². The van der Waals surface area contributed by atoms with Crippen LogP contribution in [0.2, 0.25) is 0 Å². The average Bonchev–Trinajstić information content (AvgIpc) is 2.33. The number of rotatable bonds is 1. The lowest BCUT2D eigenvalue weighted by molar-refractivity contribution is -0.140. The first-order chi connectivity index (χ1) is 5.92. The van der Waals surface area contributed by atoms with Crippen LogP contribution in [-0.2, 0) is 4.79 Å². The topological polar surface area (TPSA) is 37.3 Å². The molecular weight excluding hydrogens is 164 g/mol. The number of aliphatic carboxylic acids is 1. The molecule has 0 aromatic carbocycles. The van der Waals surface area contributed by atoms with Gasteiger partial charge in [-0.2, -0.15) is 0 Å². The van der Waals surface area contributed by atoms with Gasteiger partial charge in [0.1, 0.15) is 0 Å². The van der Waals surface area contributed by atoms with Crippen LogP contribution in [0.25, 0.3) is 0 Å². The third kappa shape index (κ3) is 0.918. The molecule has 2 fully saturated rings. The summed E-state index contributed by atoms with van der Waals surface area (Å²) in [6, 6.07) is 0.